The number of carboxylic acid groups (broad SMARTS) is 1. The molecule has 1 N–H and O–H groups in total. The van der Waals surface area contributed by atoms with E-state index in [1.807, 2.05) is 11.8 Å². The molecular weight excluding hydrogens is 302 g/mol. The van der Waals surface area contributed by atoms with Crippen molar-refractivity contribution in [2.24, 2.45) is 11.8 Å². The van der Waals surface area contributed by atoms with Crippen LogP contribution in [0.1, 0.15) is 63.0 Å². The second-order valence-corrected chi connectivity index (χ2v) is 7.72. The first-order valence-electron chi connectivity index (χ1n) is 9.01. The van der Waals surface area contributed by atoms with E-state index in [0.717, 1.165) is 12.8 Å². The molecule has 1 aromatic rings. The van der Waals surface area contributed by atoms with E-state index in [9.17, 15) is 14.7 Å². The van der Waals surface area contributed by atoms with Crippen molar-refractivity contribution in [3.8, 4) is 0 Å². The maximum absolute atomic E-state index is 12.8. The van der Waals surface area contributed by atoms with Crippen LogP contribution in [0.2, 0.25) is 0 Å². The van der Waals surface area contributed by atoms with Crippen LogP contribution in [0, 0.1) is 11.8 Å². The number of carboxylic acids is 1. The summed E-state index contributed by atoms with van der Waals surface area (Å²) in [5.41, 5.74) is 2.55. The van der Waals surface area contributed by atoms with Gasteiger partial charge in [-0.1, -0.05) is 38.1 Å². The maximum Gasteiger partial charge on any atom is 0.308 e. The molecule has 1 aliphatic carbocycles. The van der Waals surface area contributed by atoms with Crippen LogP contribution in [0.4, 0.5) is 0 Å². The summed E-state index contributed by atoms with van der Waals surface area (Å²) in [6.07, 6.45) is 2.34. The van der Waals surface area contributed by atoms with E-state index >= 15 is 0 Å². The highest BCUT2D eigenvalue weighted by molar-refractivity contribution is 5.84. The van der Waals surface area contributed by atoms with Gasteiger partial charge in [0.1, 0.15) is 0 Å². The van der Waals surface area contributed by atoms with Crippen LogP contribution < -0.4 is 0 Å². The Labute approximate surface area is 143 Å². The molecule has 4 nitrogen and oxygen atoms in total. The maximum atomic E-state index is 12.8. The number of hydrogen-bond donors (Lipinski definition) is 1. The quantitative estimate of drug-likeness (QED) is 0.918. The summed E-state index contributed by atoms with van der Waals surface area (Å²) >= 11 is 0. The van der Waals surface area contributed by atoms with Crippen molar-refractivity contribution in [3.05, 3.63) is 35.4 Å². The van der Waals surface area contributed by atoms with Crippen LogP contribution in [0.5, 0.6) is 0 Å². The lowest BCUT2D eigenvalue weighted by Gasteiger charge is -2.36. The van der Waals surface area contributed by atoms with Crippen LogP contribution in [0.25, 0.3) is 0 Å². The third-order valence-electron chi connectivity index (χ3n) is 5.65. The lowest BCUT2D eigenvalue weighted by Crippen LogP contribution is -2.48. The highest BCUT2D eigenvalue weighted by Crippen LogP contribution is 2.49. The molecule has 2 aliphatic rings. The van der Waals surface area contributed by atoms with Crippen molar-refractivity contribution in [3.63, 3.8) is 0 Å². The summed E-state index contributed by atoms with van der Waals surface area (Å²) in [5.74, 6) is -0.200. The van der Waals surface area contributed by atoms with Crippen molar-refractivity contribution >= 4 is 11.9 Å². The molecule has 4 unspecified atom stereocenters. The highest BCUT2D eigenvalue weighted by atomic mass is 16.4. The Hall–Kier alpha value is -1.84. The monoisotopic (exact) mass is 329 g/mol. The first kappa shape index (κ1) is 17.0. The number of hydrogen-bond acceptors (Lipinski definition) is 2. The molecule has 4 atom stereocenters. The average Bonchev–Trinajstić information content (AvgIpc) is 3.35. The fourth-order valence-electron chi connectivity index (χ4n) is 3.79. The van der Waals surface area contributed by atoms with E-state index < -0.39 is 11.9 Å². The van der Waals surface area contributed by atoms with Gasteiger partial charge in [-0.25, -0.2) is 0 Å². The van der Waals surface area contributed by atoms with Gasteiger partial charge in [0.2, 0.25) is 5.91 Å². The molecule has 3 rings (SSSR count). The summed E-state index contributed by atoms with van der Waals surface area (Å²) < 4.78 is 0. The number of benzene rings is 1. The van der Waals surface area contributed by atoms with Crippen molar-refractivity contribution in [2.45, 2.75) is 57.9 Å². The Morgan fingerprint density at radius 2 is 1.83 bits per heavy atom. The minimum atomic E-state index is -0.781. The standard InChI is InChI=1S/C20H27NO3/c1-12(2)14-6-8-15(9-7-14)17-10-18(17)19(22)21-11-16(20(23)24)5-4-13(21)3/h6-9,12-13,16-18H,4-5,10-11H2,1-3H3,(H,23,24). The average molecular weight is 329 g/mol. The van der Waals surface area contributed by atoms with E-state index in [4.69, 9.17) is 0 Å². The van der Waals surface area contributed by atoms with Gasteiger partial charge < -0.3 is 10.0 Å². The molecule has 1 saturated carbocycles. The molecule has 24 heavy (non-hydrogen) atoms. The van der Waals surface area contributed by atoms with Gasteiger partial charge in [0.15, 0.2) is 0 Å². The Morgan fingerprint density at radius 1 is 1.17 bits per heavy atom. The molecule has 0 bridgehead atoms. The van der Waals surface area contributed by atoms with E-state index in [1.165, 1.54) is 11.1 Å². The summed E-state index contributed by atoms with van der Waals surface area (Å²) in [4.78, 5) is 25.9. The molecule has 1 heterocycles. The molecule has 4 heteroatoms. The molecule has 0 spiro atoms. The fraction of sp³-hybridized carbons (Fsp3) is 0.600. The van der Waals surface area contributed by atoms with E-state index in [-0.39, 0.29) is 17.9 Å². The van der Waals surface area contributed by atoms with Gasteiger partial charge in [-0.2, -0.15) is 0 Å². The Morgan fingerprint density at radius 3 is 2.42 bits per heavy atom. The third kappa shape index (κ3) is 3.33. The van der Waals surface area contributed by atoms with Gasteiger partial charge in [0.25, 0.3) is 0 Å². The molecule has 130 valence electrons. The van der Waals surface area contributed by atoms with Gasteiger partial charge in [-0.3, -0.25) is 9.59 Å². The van der Waals surface area contributed by atoms with Crippen molar-refractivity contribution in [2.75, 3.05) is 6.54 Å². The van der Waals surface area contributed by atoms with Crippen LogP contribution in [-0.2, 0) is 9.59 Å². The Balaban J connectivity index is 1.65. The van der Waals surface area contributed by atoms with Gasteiger partial charge in [0, 0.05) is 18.5 Å². The molecule has 1 saturated heterocycles. The highest BCUT2D eigenvalue weighted by Gasteiger charge is 2.47. The molecule has 0 aromatic heterocycles. The van der Waals surface area contributed by atoms with Gasteiger partial charge in [-0.15, -0.1) is 0 Å². The predicted molar refractivity (Wildman–Crippen MR) is 92.9 cm³/mol. The van der Waals surface area contributed by atoms with Crippen LogP contribution in [-0.4, -0.2) is 34.5 Å². The normalized spacial score (nSPS) is 29.6. The number of rotatable bonds is 4. The largest absolute Gasteiger partial charge is 0.481 e. The van der Waals surface area contributed by atoms with E-state index in [0.29, 0.717) is 24.8 Å². The van der Waals surface area contributed by atoms with Gasteiger partial charge in [-0.05, 0) is 49.1 Å². The molecule has 1 aromatic carbocycles. The summed E-state index contributed by atoms with van der Waals surface area (Å²) in [6.45, 7) is 6.75. The summed E-state index contributed by atoms with van der Waals surface area (Å²) in [6, 6.07) is 8.76. The predicted octanol–water partition coefficient (Wildman–Crippen LogP) is 3.63. The van der Waals surface area contributed by atoms with Crippen LogP contribution >= 0.6 is 0 Å². The number of nitrogens with zero attached hydrogens (tertiary/aromatic N) is 1. The third-order valence-corrected chi connectivity index (χ3v) is 5.65. The van der Waals surface area contributed by atoms with Gasteiger partial charge in [0.05, 0.1) is 5.92 Å². The van der Waals surface area contributed by atoms with E-state index in [2.05, 4.69) is 38.1 Å². The fourth-order valence-corrected chi connectivity index (χ4v) is 3.79. The smallest absolute Gasteiger partial charge is 0.308 e. The van der Waals surface area contributed by atoms with Gasteiger partial charge >= 0.3 is 5.97 Å². The lowest BCUT2D eigenvalue weighted by molar-refractivity contribution is -0.147. The lowest BCUT2D eigenvalue weighted by atomic mass is 9.93. The Kier molecular flexibility index (Phi) is 4.66. The topological polar surface area (TPSA) is 57.6 Å². The number of carbonyl (C=O) groups excluding carboxylic acids is 1. The number of likely N-dealkylation sites (tertiary alicyclic amines) is 1. The minimum absolute atomic E-state index is 0.0323. The molecule has 0 radical (unpaired) electrons. The zero-order chi connectivity index (χ0) is 17.4. The summed E-state index contributed by atoms with van der Waals surface area (Å²) in [7, 11) is 0. The second-order valence-electron chi connectivity index (χ2n) is 7.72. The van der Waals surface area contributed by atoms with Crippen molar-refractivity contribution in [1.29, 1.82) is 0 Å². The molecule has 1 aliphatic heterocycles. The zero-order valence-electron chi connectivity index (χ0n) is 14.7. The molecule has 2 fully saturated rings. The number of aliphatic carboxylic acids is 1. The zero-order valence-corrected chi connectivity index (χ0v) is 14.7. The minimum Gasteiger partial charge on any atom is -0.481 e. The van der Waals surface area contributed by atoms with E-state index in [1.54, 1.807) is 0 Å². The van der Waals surface area contributed by atoms with Crippen molar-refractivity contribution < 1.29 is 14.7 Å². The first-order valence-corrected chi connectivity index (χ1v) is 9.01. The van der Waals surface area contributed by atoms with Crippen LogP contribution in [0.15, 0.2) is 24.3 Å². The number of carbonyl (C=O) groups is 2. The molecule has 1 amide bonds. The SMILES string of the molecule is CC(C)c1ccc(C2CC2C(=O)N2CC(C(=O)O)CCC2C)cc1. The second kappa shape index (κ2) is 6.58. The first-order chi connectivity index (χ1) is 11.4. The summed E-state index contributed by atoms with van der Waals surface area (Å²) in [5, 5.41) is 9.24. The number of piperidine rings is 1. The van der Waals surface area contributed by atoms with Crippen LogP contribution in [0.3, 0.4) is 0 Å². The Bertz CT molecular complexity index is 622. The van der Waals surface area contributed by atoms with Crippen molar-refractivity contribution in [1.82, 2.24) is 4.90 Å². The number of amides is 1. The molecular formula is C20H27NO3.